The zero-order valence-corrected chi connectivity index (χ0v) is 18.1. The highest BCUT2D eigenvalue weighted by molar-refractivity contribution is 5.85. The van der Waals surface area contributed by atoms with Crippen LogP contribution in [0, 0.1) is 23.2 Å². The Morgan fingerprint density at radius 3 is 1.93 bits per heavy atom. The summed E-state index contributed by atoms with van der Waals surface area (Å²) in [5.74, 6) is 2.90. The summed E-state index contributed by atoms with van der Waals surface area (Å²) in [4.78, 5) is 4.61. The number of piperazine rings is 1. The van der Waals surface area contributed by atoms with Crippen molar-refractivity contribution in [1.82, 2.24) is 9.80 Å². The van der Waals surface area contributed by atoms with E-state index < -0.39 is 0 Å². The van der Waals surface area contributed by atoms with Crippen LogP contribution in [0.4, 0.5) is 0 Å². The zero-order chi connectivity index (χ0) is 17.3. The number of hydrogen-bond acceptors (Lipinski definition) is 5. The van der Waals surface area contributed by atoms with Gasteiger partial charge in [-0.25, -0.2) is 0 Å². The Hall–Kier alpha value is 0.380. The van der Waals surface area contributed by atoms with Crippen LogP contribution >= 0.6 is 24.8 Å². The van der Waals surface area contributed by atoms with E-state index in [0.717, 1.165) is 57.1 Å². The molecule has 5 rings (SSSR count). The smallest absolute Gasteiger partial charge is 0.0900 e. The average molecular weight is 425 g/mol. The Balaban J connectivity index is 0.00000131. The van der Waals surface area contributed by atoms with Crippen LogP contribution in [0.1, 0.15) is 38.5 Å². The number of halogens is 2. The van der Waals surface area contributed by atoms with Crippen LogP contribution in [0.3, 0.4) is 0 Å². The summed E-state index contributed by atoms with van der Waals surface area (Å²) in [5, 5.41) is 19.4. The molecule has 0 aromatic heterocycles. The molecule has 5 aliphatic rings. The van der Waals surface area contributed by atoms with Gasteiger partial charge in [-0.1, -0.05) is 0 Å². The van der Waals surface area contributed by atoms with Crippen molar-refractivity contribution in [3.8, 4) is 0 Å². The van der Waals surface area contributed by atoms with Gasteiger partial charge in [0.15, 0.2) is 0 Å². The molecule has 1 heterocycles. The number of rotatable bonds is 8. The second-order valence-corrected chi connectivity index (χ2v) is 9.45. The molecule has 1 saturated heterocycles. The molecule has 27 heavy (non-hydrogen) atoms. The summed E-state index contributed by atoms with van der Waals surface area (Å²) < 4.78 is 6.06. The number of β-amino-alcohol motifs (C(OH)–C–C–N with tert-alkyl or cyclic N) is 2. The van der Waals surface area contributed by atoms with E-state index in [1.807, 2.05) is 0 Å². The number of aliphatic hydroxyl groups is 2. The molecular formula is C20H38Cl2N2O3. The molecule has 5 nitrogen and oxygen atoms in total. The van der Waals surface area contributed by atoms with E-state index in [0.29, 0.717) is 18.6 Å². The average Bonchev–Trinajstić information content (AvgIpc) is 2.55. The minimum Gasteiger partial charge on any atom is -0.395 e. The first-order valence-electron chi connectivity index (χ1n) is 10.5. The number of nitrogens with zero attached hydrogens (tertiary/aromatic N) is 2. The Morgan fingerprint density at radius 1 is 0.889 bits per heavy atom. The van der Waals surface area contributed by atoms with Crippen molar-refractivity contribution in [3.63, 3.8) is 0 Å². The molecule has 0 spiro atoms. The largest absolute Gasteiger partial charge is 0.395 e. The lowest BCUT2D eigenvalue weighted by molar-refractivity contribution is -0.107. The predicted octanol–water partition coefficient (Wildman–Crippen LogP) is 2.03. The van der Waals surface area contributed by atoms with Crippen LogP contribution in [-0.2, 0) is 4.74 Å². The molecule has 1 unspecified atom stereocenters. The van der Waals surface area contributed by atoms with Crippen LogP contribution in [-0.4, -0.2) is 85.2 Å². The number of aliphatic hydroxyl groups excluding tert-OH is 2. The second-order valence-electron chi connectivity index (χ2n) is 9.45. The van der Waals surface area contributed by atoms with E-state index in [9.17, 15) is 5.11 Å². The zero-order valence-electron chi connectivity index (χ0n) is 16.4. The fourth-order valence-corrected chi connectivity index (χ4v) is 6.57. The molecule has 4 aliphatic carbocycles. The lowest BCUT2D eigenvalue weighted by Gasteiger charge is -2.56. The third kappa shape index (κ3) is 5.94. The molecule has 0 amide bonds. The summed E-state index contributed by atoms with van der Waals surface area (Å²) in [6.07, 6.45) is 8.18. The van der Waals surface area contributed by atoms with Gasteiger partial charge in [-0.3, -0.25) is 9.80 Å². The van der Waals surface area contributed by atoms with Crippen LogP contribution in [0.25, 0.3) is 0 Å². The Kier molecular flexibility index (Phi) is 9.13. The fraction of sp³-hybridized carbons (Fsp3) is 1.00. The highest BCUT2D eigenvalue weighted by Gasteiger charge is 2.50. The van der Waals surface area contributed by atoms with E-state index in [4.69, 9.17) is 9.84 Å². The van der Waals surface area contributed by atoms with Crippen molar-refractivity contribution in [2.75, 3.05) is 59.1 Å². The molecule has 0 radical (unpaired) electrons. The second kappa shape index (κ2) is 10.4. The minimum atomic E-state index is -0.377. The van der Waals surface area contributed by atoms with Gasteiger partial charge in [0, 0.05) is 39.3 Å². The van der Waals surface area contributed by atoms with Gasteiger partial charge in [-0.15, -0.1) is 24.8 Å². The molecule has 7 heteroatoms. The number of ether oxygens (including phenoxy) is 1. The van der Waals surface area contributed by atoms with Crippen LogP contribution in [0.2, 0.25) is 0 Å². The molecule has 0 aromatic rings. The first-order chi connectivity index (χ1) is 12.1. The molecule has 5 fully saturated rings. The van der Waals surface area contributed by atoms with E-state index in [1.54, 1.807) is 0 Å². The molecule has 0 aromatic carbocycles. The molecule has 160 valence electrons. The highest BCUT2D eigenvalue weighted by atomic mass is 35.5. The van der Waals surface area contributed by atoms with Crippen molar-refractivity contribution in [2.45, 2.75) is 44.6 Å². The van der Waals surface area contributed by atoms with Crippen molar-refractivity contribution < 1.29 is 14.9 Å². The quantitative estimate of drug-likeness (QED) is 0.624. The van der Waals surface area contributed by atoms with E-state index in [1.165, 1.54) is 38.5 Å². The normalized spacial score (nSPS) is 36.9. The Bertz CT molecular complexity index is 412. The van der Waals surface area contributed by atoms with Gasteiger partial charge in [-0.05, 0) is 61.7 Å². The van der Waals surface area contributed by atoms with Crippen molar-refractivity contribution in [1.29, 1.82) is 0 Å². The Labute approximate surface area is 176 Å². The van der Waals surface area contributed by atoms with E-state index in [-0.39, 0.29) is 37.5 Å². The highest BCUT2D eigenvalue weighted by Crippen LogP contribution is 2.60. The van der Waals surface area contributed by atoms with Gasteiger partial charge in [0.2, 0.25) is 0 Å². The summed E-state index contributed by atoms with van der Waals surface area (Å²) in [5.41, 5.74) is 0.449. The van der Waals surface area contributed by atoms with Crippen LogP contribution in [0.15, 0.2) is 0 Å². The molecule has 2 N–H and O–H groups in total. The maximum absolute atomic E-state index is 10.4. The van der Waals surface area contributed by atoms with Gasteiger partial charge in [0.25, 0.3) is 0 Å². The molecule has 4 bridgehead atoms. The molecule has 1 aliphatic heterocycles. The monoisotopic (exact) mass is 424 g/mol. The summed E-state index contributed by atoms with van der Waals surface area (Å²) >= 11 is 0. The Morgan fingerprint density at radius 2 is 1.41 bits per heavy atom. The van der Waals surface area contributed by atoms with Crippen LogP contribution < -0.4 is 0 Å². The topological polar surface area (TPSA) is 56.2 Å². The lowest BCUT2D eigenvalue weighted by Crippen LogP contribution is -2.50. The maximum Gasteiger partial charge on any atom is 0.0900 e. The summed E-state index contributed by atoms with van der Waals surface area (Å²) in [6.45, 7) is 7.01. The first kappa shape index (κ1) is 23.7. The summed E-state index contributed by atoms with van der Waals surface area (Å²) in [6, 6.07) is 0. The van der Waals surface area contributed by atoms with Gasteiger partial charge in [-0.2, -0.15) is 0 Å². The fourth-order valence-electron chi connectivity index (χ4n) is 6.57. The van der Waals surface area contributed by atoms with Gasteiger partial charge < -0.3 is 14.9 Å². The van der Waals surface area contributed by atoms with E-state index >= 15 is 0 Å². The van der Waals surface area contributed by atoms with Crippen molar-refractivity contribution in [3.05, 3.63) is 0 Å². The molecule has 1 atom stereocenters. The lowest BCUT2D eigenvalue weighted by atomic mass is 9.50. The molecule has 4 saturated carbocycles. The third-order valence-electron chi connectivity index (χ3n) is 7.23. The minimum absolute atomic E-state index is 0. The van der Waals surface area contributed by atoms with Crippen molar-refractivity contribution >= 4 is 24.8 Å². The predicted molar refractivity (Wildman–Crippen MR) is 112 cm³/mol. The van der Waals surface area contributed by atoms with Crippen molar-refractivity contribution in [2.24, 2.45) is 23.2 Å². The van der Waals surface area contributed by atoms with Gasteiger partial charge >= 0.3 is 0 Å². The SMILES string of the molecule is Cl.Cl.OCCN1CCN(CC(O)COCC23CC4CC(CC(C4)C2)C3)CC1. The maximum atomic E-state index is 10.4. The van der Waals surface area contributed by atoms with Crippen LogP contribution in [0.5, 0.6) is 0 Å². The molecular weight excluding hydrogens is 387 g/mol. The number of hydrogen-bond donors (Lipinski definition) is 2. The first-order valence-corrected chi connectivity index (χ1v) is 10.5. The van der Waals surface area contributed by atoms with Gasteiger partial charge in [0.1, 0.15) is 0 Å². The summed E-state index contributed by atoms with van der Waals surface area (Å²) in [7, 11) is 0. The van der Waals surface area contributed by atoms with E-state index in [2.05, 4.69) is 9.80 Å². The van der Waals surface area contributed by atoms with Gasteiger partial charge in [0.05, 0.1) is 25.9 Å². The standard InChI is InChI=1S/C20H36N2O3.2ClH/c23-6-5-21-1-3-22(4-2-21)13-19(24)14-25-15-20-10-16-7-17(11-20)9-18(8-16)12-20;;/h16-19,23-24H,1-15H2;2*1H. The third-order valence-corrected chi connectivity index (χ3v) is 7.23.